The van der Waals surface area contributed by atoms with E-state index >= 15 is 0 Å². The van der Waals surface area contributed by atoms with Gasteiger partial charge in [0.1, 0.15) is 23.9 Å². The molecular weight excluding hydrogens is 446 g/mol. The normalized spacial score (nSPS) is 13.1. The molecule has 0 heterocycles. The van der Waals surface area contributed by atoms with E-state index in [9.17, 15) is 19.5 Å². The summed E-state index contributed by atoms with van der Waals surface area (Å²) in [5.74, 6) is -0.269. The lowest BCUT2D eigenvalue weighted by Gasteiger charge is -2.36. The molecule has 0 saturated carbocycles. The van der Waals surface area contributed by atoms with Crippen LogP contribution in [-0.2, 0) is 14.3 Å². The number of nitrogens with one attached hydrogen (secondary N) is 2. The Morgan fingerprint density at radius 2 is 1.74 bits per heavy atom. The van der Waals surface area contributed by atoms with Crippen LogP contribution in [0.1, 0.15) is 92.2 Å². The number of nitrogens with zero attached hydrogens (tertiary/aromatic N) is 1. The SMILES string of the molecule is CCCCCNC(=O)C(c1cccc(O)c1)N(C(=O)CNC(=O)OC(C)(C)C)C(C)CCC(C)C. The van der Waals surface area contributed by atoms with Crippen molar-refractivity contribution in [3.63, 3.8) is 0 Å². The summed E-state index contributed by atoms with van der Waals surface area (Å²) in [6.07, 6.45) is 3.72. The largest absolute Gasteiger partial charge is 0.508 e. The molecule has 0 saturated heterocycles. The third-order valence-corrected chi connectivity index (χ3v) is 5.50. The molecule has 0 aromatic heterocycles. The second-order valence-corrected chi connectivity index (χ2v) is 10.5. The highest BCUT2D eigenvalue weighted by Crippen LogP contribution is 2.28. The van der Waals surface area contributed by atoms with Crippen molar-refractivity contribution in [2.75, 3.05) is 13.1 Å². The number of benzene rings is 1. The molecule has 1 aromatic carbocycles. The maximum absolute atomic E-state index is 13.5. The lowest BCUT2D eigenvalue weighted by Crippen LogP contribution is -2.51. The highest BCUT2D eigenvalue weighted by molar-refractivity contribution is 5.90. The molecule has 3 N–H and O–H groups in total. The zero-order valence-corrected chi connectivity index (χ0v) is 22.5. The Labute approximate surface area is 210 Å². The maximum atomic E-state index is 13.5. The Morgan fingerprint density at radius 3 is 2.31 bits per heavy atom. The van der Waals surface area contributed by atoms with Crippen LogP contribution in [0.2, 0.25) is 0 Å². The number of hydrogen-bond acceptors (Lipinski definition) is 5. The monoisotopic (exact) mass is 491 g/mol. The quantitative estimate of drug-likeness (QED) is 0.340. The molecule has 8 heteroatoms. The Hall–Kier alpha value is -2.77. The molecule has 0 aliphatic carbocycles. The van der Waals surface area contributed by atoms with Gasteiger partial charge in [0.05, 0.1) is 0 Å². The Bertz CT molecular complexity index is 819. The van der Waals surface area contributed by atoms with Gasteiger partial charge < -0.3 is 25.4 Å². The molecule has 0 radical (unpaired) electrons. The van der Waals surface area contributed by atoms with Crippen LogP contribution in [0.25, 0.3) is 0 Å². The van der Waals surface area contributed by atoms with Crippen molar-refractivity contribution in [3.8, 4) is 5.75 Å². The molecule has 0 aliphatic heterocycles. The lowest BCUT2D eigenvalue weighted by atomic mass is 9.98. The molecular formula is C27H45N3O5. The molecule has 1 aromatic rings. The zero-order valence-electron chi connectivity index (χ0n) is 22.5. The van der Waals surface area contributed by atoms with E-state index in [1.165, 1.54) is 17.0 Å². The standard InChI is InChI=1S/C27H45N3O5/c1-8-9-10-16-28-25(33)24(21-12-11-13-22(31)17-21)30(20(4)15-14-19(2)3)23(32)18-29-26(34)35-27(5,6)7/h11-13,17,19-20,24,31H,8-10,14-16,18H2,1-7H3,(H,28,33)(H,29,34). The van der Waals surface area contributed by atoms with E-state index < -0.39 is 23.6 Å². The van der Waals surface area contributed by atoms with E-state index in [-0.39, 0.29) is 24.2 Å². The van der Waals surface area contributed by atoms with E-state index in [0.29, 0.717) is 24.4 Å². The van der Waals surface area contributed by atoms with Crippen LogP contribution in [-0.4, -0.2) is 52.6 Å². The number of unbranched alkanes of at least 4 members (excludes halogenated alkanes) is 2. The van der Waals surface area contributed by atoms with Crippen LogP contribution < -0.4 is 10.6 Å². The summed E-state index contributed by atoms with van der Waals surface area (Å²) >= 11 is 0. The van der Waals surface area contributed by atoms with Crippen molar-refractivity contribution in [2.24, 2.45) is 5.92 Å². The molecule has 0 bridgehead atoms. The van der Waals surface area contributed by atoms with Crippen LogP contribution in [0.3, 0.4) is 0 Å². The van der Waals surface area contributed by atoms with Crippen LogP contribution in [0.5, 0.6) is 5.75 Å². The predicted molar refractivity (Wildman–Crippen MR) is 138 cm³/mol. The summed E-state index contributed by atoms with van der Waals surface area (Å²) in [5.41, 5.74) is -0.181. The Balaban J connectivity index is 3.26. The Kier molecular flexibility index (Phi) is 12.6. The first-order chi connectivity index (χ1) is 16.4. The van der Waals surface area contributed by atoms with Gasteiger partial charge in [-0.05, 0) is 70.6 Å². The van der Waals surface area contributed by atoms with Crippen LogP contribution in [0.15, 0.2) is 24.3 Å². The molecule has 2 unspecified atom stereocenters. The van der Waals surface area contributed by atoms with Gasteiger partial charge in [0.2, 0.25) is 11.8 Å². The van der Waals surface area contributed by atoms with Crippen molar-refractivity contribution in [3.05, 3.63) is 29.8 Å². The third-order valence-electron chi connectivity index (χ3n) is 5.50. The first-order valence-electron chi connectivity index (χ1n) is 12.7. The molecule has 1 rings (SSSR count). The molecule has 3 amide bonds. The number of carbonyl (C=O) groups excluding carboxylic acids is 3. The first kappa shape index (κ1) is 30.3. The van der Waals surface area contributed by atoms with E-state index in [4.69, 9.17) is 4.74 Å². The van der Waals surface area contributed by atoms with E-state index in [0.717, 1.165) is 25.7 Å². The lowest BCUT2D eigenvalue weighted by molar-refractivity contribution is -0.142. The molecule has 8 nitrogen and oxygen atoms in total. The minimum Gasteiger partial charge on any atom is -0.508 e. The van der Waals surface area contributed by atoms with Gasteiger partial charge in [0.25, 0.3) is 0 Å². The molecule has 2 atom stereocenters. The van der Waals surface area contributed by atoms with Crippen molar-refractivity contribution in [1.82, 2.24) is 15.5 Å². The highest BCUT2D eigenvalue weighted by Gasteiger charge is 2.35. The second kappa shape index (κ2) is 14.6. The number of ether oxygens (including phenoxy) is 1. The number of amides is 3. The topological polar surface area (TPSA) is 108 Å². The second-order valence-electron chi connectivity index (χ2n) is 10.5. The molecule has 0 aliphatic rings. The average molecular weight is 492 g/mol. The fourth-order valence-electron chi connectivity index (χ4n) is 3.73. The third kappa shape index (κ3) is 11.5. The maximum Gasteiger partial charge on any atom is 0.408 e. The Morgan fingerprint density at radius 1 is 1.06 bits per heavy atom. The number of carbonyl (C=O) groups is 3. The van der Waals surface area contributed by atoms with Gasteiger partial charge in [-0.1, -0.05) is 45.7 Å². The number of aromatic hydroxyl groups is 1. The summed E-state index contributed by atoms with van der Waals surface area (Å²) < 4.78 is 5.26. The van der Waals surface area contributed by atoms with Crippen molar-refractivity contribution >= 4 is 17.9 Å². The summed E-state index contributed by atoms with van der Waals surface area (Å²) in [7, 11) is 0. The zero-order chi connectivity index (χ0) is 26.6. The summed E-state index contributed by atoms with van der Waals surface area (Å²) in [5, 5.41) is 15.6. The molecule has 0 spiro atoms. The van der Waals surface area contributed by atoms with E-state index in [2.05, 4.69) is 31.4 Å². The predicted octanol–water partition coefficient (Wildman–Crippen LogP) is 4.92. The van der Waals surface area contributed by atoms with Gasteiger partial charge in [0.15, 0.2) is 0 Å². The fourth-order valence-corrected chi connectivity index (χ4v) is 3.73. The minimum atomic E-state index is -0.946. The van der Waals surface area contributed by atoms with E-state index in [1.54, 1.807) is 32.9 Å². The summed E-state index contributed by atoms with van der Waals surface area (Å²) in [6.45, 7) is 13.6. The van der Waals surface area contributed by atoms with Gasteiger partial charge in [-0.25, -0.2) is 4.79 Å². The number of alkyl carbamates (subject to hydrolysis) is 1. The van der Waals surface area contributed by atoms with Crippen LogP contribution in [0, 0.1) is 5.92 Å². The summed E-state index contributed by atoms with van der Waals surface area (Å²) in [4.78, 5) is 40.6. The average Bonchev–Trinajstić information content (AvgIpc) is 2.75. The first-order valence-corrected chi connectivity index (χ1v) is 12.7. The van der Waals surface area contributed by atoms with Crippen molar-refractivity contribution in [2.45, 2.75) is 98.3 Å². The fraction of sp³-hybridized carbons (Fsp3) is 0.667. The molecule has 198 valence electrons. The van der Waals surface area contributed by atoms with Crippen molar-refractivity contribution in [1.29, 1.82) is 0 Å². The molecule has 35 heavy (non-hydrogen) atoms. The van der Waals surface area contributed by atoms with Crippen LogP contribution >= 0.6 is 0 Å². The molecule has 0 fully saturated rings. The van der Waals surface area contributed by atoms with Crippen molar-refractivity contribution < 1.29 is 24.2 Å². The van der Waals surface area contributed by atoms with Crippen LogP contribution in [0.4, 0.5) is 4.79 Å². The minimum absolute atomic E-state index is 0.0143. The van der Waals surface area contributed by atoms with Gasteiger partial charge in [-0.15, -0.1) is 0 Å². The number of rotatable bonds is 13. The van der Waals surface area contributed by atoms with Gasteiger partial charge in [-0.3, -0.25) is 9.59 Å². The highest BCUT2D eigenvalue weighted by atomic mass is 16.6. The van der Waals surface area contributed by atoms with Gasteiger partial charge >= 0.3 is 6.09 Å². The van der Waals surface area contributed by atoms with Gasteiger partial charge in [-0.2, -0.15) is 0 Å². The van der Waals surface area contributed by atoms with E-state index in [1.807, 2.05) is 6.92 Å². The smallest absolute Gasteiger partial charge is 0.408 e. The van der Waals surface area contributed by atoms with Gasteiger partial charge in [0, 0.05) is 12.6 Å². The summed E-state index contributed by atoms with van der Waals surface area (Å²) in [6, 6.07) is 5.19. The number of hydrogen-bond donors (Lipinski definition) is 3. The number of phenols is 1. The number of phenolic OH excluding ortho intramolecular Hbond substituents is 1.